The van der Waals surface area contributed by atoms with Crippen LogP contribution >= 0.6 is 35.1 Å². The minimum atomic E-state index is -4.67. The van der Waals surface area contributed by atoms with E-state index in [1.807, 2.05) is 29.6 Å². The van der Waals surface area contributed by atoms with Crippen LogP contribution in [-0.4, -0.2) is 22.5 Å². The second-order valence-corrected chi connectivity index (χ2v) is 7.25. The van der Waals surface area contributed by atoms with Crippen molar-refractivity contribution in [3.8, 4) is 5.75 Å². The Morgan fingerprint density at radius 3 is 2.35 bits per heavy atom. The van der Waals surface area contributed by atoms with Crippen molar-refractivity contribution in [2.75, 3.05) is 11.5 Å². The largest absolute Gasteiger partial charge is 0.573 e. The van der Waals surface area contributed by atoms with Gasteiger partial charge in [0.05, 0.1) is 4.58 Å². The number of rotatable bonds is 3. The molecule has 0 radical (unpaired) electrons. The van der Waals surface area contributed by atoms with E-state index in [-0.39, 0.29) is 5.75 Å². The summed E-state index contributed by atoms with van der Waals surface area (Å²) in [6.07, 6.45) is -1.53. The van der Waals surface area contributed by atoms with E-state index in [2.05, 4.69) is 4.74 Å². The summed E-state index contributed by atoms with van der Waals surface area (Å²) in [7, 11) is 0. The van der Waals surface area contributed by atoms with E-state index in [0.717, 1.165) is 11.5 Å². The molecular formula is C13H12ClF3OS2. The highest BCUT2D eigenvalue weighted by Gasteiger charge is 2.30. The molecule has 1 aromatic rings. The van der Waals surface area contributed by atoms with Crippen LogP contribution in [0.25, 0.3) is 5.03 Å². The van der Waals surface area contributed by atoms with E-state index in [1.165, 1.54) is 30.7 Å². The van der Waals surface area contributed by atoms with Gasteiger partial charge < -0.3 is 4.74 Å². The van der Waals surface area contributed by atoms with E-state index in [9.17, 15) is 13.2 Å². The lowest BCUT2D eigenvalue weighted by molar-refractivity contribution is -0.274. The maximum absolute atomic E-state index is 12.0. The molecule has 2 rings (SSSR count). The van der Waals surface area contributed by atoms with E-state index in [0.29, 0.717) is 15.2 Å². The van der Waals surface area contributed by atoms with Gasteiger partial charge in [-0.1, -0.05) is 11.6 Å². The molecule has 20 heavy (non-hydrogen) atoms. The molecule has 1 aromatic carbocycles. The summed E-state index contributed by atoms with van der Waals surface area (Å²) in [6.45, 7) is 0. The number of hydrogen-bond donors (Lipinski definition) is 0. The third-order valence-electron chi connectivity index (χ3n) is 2.50. The van der Waals surface area contributed by atoms with E-state index >= 15 is 0 Å². The third-order valence-corrected chi connectivity index (χ3v) is 5.64. The van der Waals surface area contributed by atoms with Crippen LogP contribution in [-0.2, 0) is 0 Å². The van der Waals surface area contributed by atoms with Crippen molar-refractivity contribution in [2.24, 2.45) is 0 Å². The maximum Gasteiger partial charge on any atom is 0.573 e. The molecule has 0 bridgehead atoms. The van der Waals surface area contributed by atoms with Crippen molar-refractivity contribution in [3.05, 3.63) is 35.9 Å². The van der Waals surface area contributed by atoms with Gasteiger partial charge in [0.2, 0.25) is 0 Å². The zero-order valence-electron chi connectivity index (χ0n) is 10.3. The summed E-state index contributed by atoms with van der Waals surface area (Å²) in [4.78, 5) is 0. The van der Waals surface area contributed by atoms with Crippen LogP contribution in [0.4, 0.5) is 13.2 Å². The zero-order chi connectivity index (χ0) is 14.6. The lowest BCUT2D eigenvalue weighted by Gasteiger charge is -2.18. The molecule has 0 spiro atoms. The summed E-state index contributed by atoms with van der Waals surface area (Å²) in [5.74, 6) is 1.97. The van der Waals surface area contributed by atoms with Crippen LogP contribution in [0.1, 0.15) is 12.0 Å². The fraction of sp³-hybridized carbons (Fsp3) is 0.385. The summed E-state index contributed by atoms with van der Waals surface area (Å²) in [5.41, 5.74) is 0.688. The monoisotopic (exact) mass is 340 g/mol. The minimum Gasteiger partial charge on any atom is -0.406 e. The Bertz CT molecular complexity index is 467. The standard InChI is InChI=1S/C13H12ClF3OS2/c14-11(8-12-19-6-1-7-20-12)9-2-4-10(5-3-9)18-13(15,16)17/h2-5,8,12H,1,6-7H2. The second kappa shape index (κ2) is 7.00. The van der Waals surface area contributed by atoms with Gasteiger partial charge >= 0.3 is 6.36 Å². The first-order valence-corrected chi connectivity index (χ1v) is 8.38. The molecule has 0 aliphatic carbocycles. The second-order valence-electron chi connectivity index (χ2n) is 4.05. The summed E-state index contributed by atoms with van der Waals surface area (Å²) >= 11 is 9.85. The van der Waals surface area contributed by atoms with Crippen molar-refractivity contribution in [2.45, 2.75) is 17.4 Å². The summed E-state index contributed by atoms with van der Waals surface area (Å²) < 4.78 is 40.3. The van der Waals surface area contributed by atoms with Gasteiger partial charge in [-0.25, -0.2) is 0 Å². The fourth-order valence-corrected chi connectivity index (χ4v) is 4.73. The van der Waals surface area contributed by atoms with Crippen molar-refractivity contribution in [3.63, 3.8) is 0 Å². The van der Waals surface area contributed by atoms with E-state index in [1.54, 1.807) is 0 Å². The molecule has 0 amide bonds. The highest BCUT2D eigenvalue weighted by Crippen LogP contribution is 2.35. The number of thioether (sulfide) groups is 2. The first-order chi connectivity index (χ1) is 9.44. The molecule has 1 saturated heterocycles. The Morgan fingerprint density at radius 2 is 1.80 bits per heavy atom. The van der Waals surface area contributed by atoms with Crippen molar-refractivity contribution < 1.29 is 17.9 Å². The van der Waals surface area contributed by atoms with Crippen LogP contribution in [0.5, 0.6) is 5.75 Å². The Hall–Kier alpha value is -0.460. The quantitative estimate of drug-likeness (QED) is 0.733. The van der Waals surface area contributed by atoms with Gasteiger partial charge in [0.25, 0.3) is 0 Å². The van der Waals surface area contributed by atoms with Gasteiger partial charge in [-0.3, -0.25) is 0 Å². The molecule has 1 aliphatic heterocycles. The molecule has 0 N–H and O–H groups in total. The predicted octanol–water partition coefficient (Wildman–Crippen LogP) is 5.36. The normalized spacial score (nSPS) is 18.1. The van der Waals surface area contributed by atoms with Gasteiger partial charge in [0.15, 0.2) is 0 Å². The lowest BCUT2D eigenvalue weighted by atomic mass is 10.2. The van der Waals surface area contributed by atoms with Gasteiger partial charge in [0, 0.05) is 5.03 Å². The SMILES string of the molecule is FC(F)(F)Oc1ccc(C(Cl)=CC2SCCCS2)cc1. The Balaban J connectivity index is 2.03. The topological polar surface area (TPSA) is 9.23 Å². The number of alkyl halides is 3. The molecule has 1 aliphatic rings. The lowest BCUT2D eigenvalue weighted by Crippen LogP contribution is -2.16. The first kappa shape index (κ1) is 15.9. The fourth-order valence-electron chi connectivity index (χ4n) is 1.63. The average molecular weight is 341 g/mol. The highest BCUT2D eigenvalue weighted by molar-refractivity contribution is 8.17. The molecule has 0 aromatic heterocycles. The zero-order valence-corrected chi connectivity index (χ0v) is 12.7. The maximum atomic E-state index is 12.0. The predicted molar refractivity (Wildman–Crippen MR) is 80.3 cm³/mol. The Labute approximate surface area is 128 Å². The Kier molecular flexibility index (Phi) is 5.57. The van der Waals surface area contributed by atoms with Crippen LogP contribution in [0.15, 0.2) is 30.3 Å². The number of hydrogen-bond acceptors (Lipinski definition) is 3. The minimum absolute atomic E-state index is 0.243. The average Bonchev–Trinajstić information content (AvgIpc) is 2.39. The summed E-state index contributed by atoms with van der Waals surface area (Å²) in [6, 6.07) is 5.58. The van der Waals surface area contributed by atoms with Gasteiger partial charge in [-0.15, -0.1) is 36.7 Å². The number of halogens is 4. The molecule has 110 valence electrons. The number of ether oxygens (including phenoxy) is 1. The van der Waals surface area contributed by atoms with Gasteiger partial charge in [-0.05, 0) is 53.8 Å². The number of benzene rings is 1. The van der Waals surface area contributed by atoms with Crippen LogP contribution in [0.2, 0.25) is 0 Å². The molecule has 7 heteroatoms. The molecule has 1 nitrogen and oxygen atoms in total. The van der Waals surface area contributed by atoms with Crippen LogP contribution < -0.4 is 4.74 Å². The Morgan fingerprint density at radius 1 is 1.20 bits per heavy atom. The van der Waals surface area contributed by atoms with Crippen molar-refractivity contribution in [1.29, 1.82) is 0 Å². The molecule has 0 saturated carbocycles. The molecule has 1 heterocycles. The van der Waals surface area contributed by atoms with E-state index < -0.39 is 6.36 Å². The van der Waals surface area contributed by atoms with Gasteiger partial charge in [0.1, 0.15) is 5.75 Å². The highest BCUT2D eigenvalue weighted by atomic mass is 35.5. The van der Waals surface area contributed by atoms with Crippen molar-refractivity contribution in [1.82, 2.24) is 0 Å². The molecule has 0 atom stereocenters. The molecule has 0 unspecified atom stereocenters. The summed E-state index contributed by atoms with van der Waals surface area (Å²) in [5, 5.41) is 0.551. The first-order valence-electron chi connectivity index (χ1n) is 5.91. The smallest absolute Gasteiger partial charge is 0.406 e. The molecular weight excluding hydrogens is 329 g/mol. The van der Waals surface area contributed by atoms with E-state index in [4.69, 9.17) is 11.6 Å². The van der Waals surface area contributed by atoms with Crippen LogP contribution in [0, 0.1) is 0 Å². The van der Waals surface area contributed by atoms with Crippen LogP contribution in [0.3, 0.4) is 0 Å². The van der Waals surface area contributed by atoms with Gasteiger partial charge in [-0.2, -0.15) is 0 Å². The van der Waals surface area contributed by atoms with Crippen molar-refractivity contribution >= 4 is 40.2 Å². The third kappa shape index (κ3) is 5.14. The molecule has 1 fully saturated rings.